The quantitative estimate of drug-likeness (QED) is 0.404. The van der Waals surface area contributed by atoms with Crippen molar-refractivity contribution >= 4 is 37.5 Å². The van der Waals surface area contributed by atoms with Crippen molar-refractivity contribution in [1.29, 1.82) is 0 Å². The number of rotatable bonds is 9. The Morgan fingerprint density at radius 3 is 2.36 bits per heavy atom. The van der Waals surface area contributed by atoms with Gasteiger partial charge in [0.1, 0.15) is 18.9 Å². The molecule has 0 radical (unpaired) electrons. The van der Waals surface area contributed by atoms with Gasteiger partial charge in [0.25, 0.3) is 10.0 Å². The zero-order chi connectivity index (χ0) is 24.0. The first-order valence-electron chi connectivity index (χ1n) is 10.5. The predicted molar refractivity (Wildman–Crippen MR) is 134 cm³/mol. The van der Waals surface area contributed by atoms with E-state index < -0.39 is 15.9 Å². The van der Waals surface area contributed by atoms with Crippen molar-refractivity contribution in [2.75, 3.05) is 24.0 Å². The van der Waals surface area contributed by atoms with Crippen LogP contribution in [0.25, 0.3) is 0 Å². The Kier molecular flexibility index (Phi) is 8.15. The molecule has 174 valence electrons. The molecule has 1 amide bonds. The van der Waals surface area contributed by atoms with Crippen molar-refractivity contribution in [2.24, 2.45) is 0 Å². The monoisotopic (exact) mass is 530 g/mol. The normalized spacial score (nSPS) is 11.2. The molecule has 0 aromatic heterocycles. The smallest absolute Gasteiger partial charge is 0.264 e. The van der Waals surface area contributed by atoms with Gasteiger partial charge < -0.3 is 10.1 Å². The lowest BCUT2D eigenvalue weighted by Crippen LogP contribution is -2.42. The number of aryl methyl sites for hydroxylation is 3. The zero-order valence-electron chi connectivity index (χ0n) is 18.8. The second kappa shape index (κ2) is 10.9. The predicted octanol–water partition coefficient (Wildman–Crippen LogP) is 4.76. The van der Waals surface area contributed by atoms with Gasteiger partial charge in [0.2, 0.25) is 5.91 Å². The third kappa shape index (κ3) is 6.58. The molecule has 0 unspecified atom stereocenters. The van der Waals surface area contributed by atoms with Gasteiger partial charge in [-0.1, -0.05) is 51.8 Å². The Morgan fingerprint density at radius 1 is 0.970 bits per heavy atom. The van der Waals surface area contributed by atoms with Crippen LogP contribution in [-0.4, -0.2) is 34.0 Å². The van der Waals surface area contributed by atoms with Crippen LogP contribution in [0.4, 0.5) is 5.69 Å². The molecule has 0 saturated heterocycles. The van der Waals surface area contributed by atoms with E-state index >= 15 is 0 Å². The van der Waals surface area contributed by atoms with Crippen molar-refractivity contribution in [2.45, 2.75) is 25.7 Å². The van der Waals surface area contributed by atoms with E-state index in [1.54, 1.807) is 48.5 Å². The van der Waals surface area contributed by atoms with Gasteiger partial charge in [0.15, 0.2) is 0 Å². The molecule has 8 heteroatoms. The van der Waals surface area contributed by atoms with Crippen LogP contribution in [-0.2, 0) is 14.8 Å². The summed E-state index contributed by atoms with van der Waals surface area (Å²) in [5.41, 5.74) is 3.44. The first-order chi connectivity index (χ1) is 15.7. The van der Waals surface area contributed by atoms with Crippen molar-refractivity contribution in [3.05, 3.63) is 87.9 Å². The maximum absolute atomic E-state index is 13.4. The number of amides is 1. The molecule has 3 rings (SSSR count). The van der Waals surface area contributed by atoms with Gasteiger partial charge in [-0.15, -0.1) is 0 Å². The van der Waals surface area contributed by atoms with E-state index in [9.17, 15) is 13.2 Å². The summed E-state index contributed by atoms with van der Waals surface area (Å²) in [5.74, 6) is 0.345. The Morgan fingerprint density at radius 2 is 1.67 bits per heavy atom. The van der Waals surface area contributed by atoms with Crippen LogP contribution in [0.3, 0.4) is 0 Å². The van der Waals surface area contributed by atoms with E-state index in [0.29, 0.717) is 10.2 Å². The van der Waals surface area contributed by atoms with Gasteiger partial charge in [-0.3, -0.25) is 9.10 Å². The third-order valence-electron chi connectivity index (χ3n) is 5.02. The summed E-state index contributed by atoms with van der Waals surface area (Å²) in [6.07, 6.45) is 0. The number of ether oxygens (including phenoxy) is 1. The number of hydrogen-bond acceptors (Lipinski definition) is 4. The molecular formula is C25H27BrN2O4S. The second-order valence-electron chi connectivity index (χ2n) is 7.77. The molecule has 0 aliphatic carbocycles. The second-order valence-corrected chi connectivity index (χ2v) is 10.5. The van der Waals surface area contributed by atoms with Gasteiger partial charge in [0, 0.05) is 4.47 Å². The minimum atomic E-state index is -3.95. The summed E-state index contributed by atoms with van der Waals surface area (Å²) in [4.78, 5) is 12.8. The highest BCUT2D eigenvalue weighted by atomic mass is 79.9. The number of nitrogens with zero attached hydrogens (tertiary/aromatic N) is 1. The van der Waals surface area contributed by atoms with Crippen molar-refractivity contribution < 1.29 is 17.9 Å². The van der Waals surface area contributed by atoms with Crippen molar-refractivity contribution in [3.8, 4) is 5.75 Å². The fourth-order valence-corrected chi connectivity index (χ4v) is 4.98. The van der Waals surface area contributed by atoms with E-state index in [2.05, 4.69) is 21.2 Å². The minimum Gasteiger partial charge on any atom is -0.491 e. The molecule has 0 spiro atoms. The average Bonchev–Trinajstić information content (AvgIpc) is 2.77. The molecule has 0 heterocycles. The summed E-state index contributed by atoms with van der Waals surface area (Å²) >= 11 is 3.37. The number of halogens is 1. The number of hydrogen-bond donors (Lipinski definition) is 1. The minimum absolute atomic E-state index is 0.124. The first-order valence-corrected chi connectivity index (χ1v) is 12.7. The zero-order valence-corrected chi connectivity index (χ0v) is 21.2. The lowest BCUT2D eigenvalue weighted by Gasteiger charge is -2.24. The summed E-state index contributed by atoms with van der Waals surface area (Å²) in [6, 6.07) is 19.3. The highest BCUT2D eigenvalue weighted by molar-refractivity contribution is 9.10. The largest absolute Gasteiger partial charge is 0.491 e. The number of sulfonamides is 1. The molecule has 1 N–H and O–H groups in total. The van der Waals surface area contributed by atoms with E-state index in [4.69, 9.17) is 4.74 Å². The average molecular weight is 531 g/mol. The fourth-order valence-electron chi connectivity index (χ4n) is 3.18. The Balaban J connectivity index is 1.71. The number of nitrogens with one attached hydrogen (secondary N) is 1. The summed E-state index contributed by atoms with van der Waals surface area (Å²) in [6.45, 7) is 6.01. The molecule has 33 heavy (non-hydrogen) atoms. The van der Waals surface area contributed by atoms with Gasteiger partial charge >= 0.3 is 0 Å². The number of carbonyl (C=O) groups is 1. The molecule has 0 aliphatic heterocycles. The molecule has 0 fully saturated rings. The van der Waals surface area contributed by atoms with Gasteiger partial charge in [-0.05, 0) is 68.3 Å². The summed E-state index contributed by atoms with van der Waals surface area (Å²) in [7, 11) is -3.95. The maximum Gasteiger partial charge on any atom is 0.264 e. The van der Waals surface area contributed by atoms with Gasteiger partial charge in [-0.25, -0.2) is 8.42 Å². The molecule has 6 nitrogen and oxygen atoms in total. The van der Waals surface area contributed by atoms with Crippen molar-refractivity contribution in [3.63, 3.8) is 0 Å². The SMILES string of the molecule is Cc1ccc(S(=O)(=O)N(CC(=O)NCCOc2cc(C)ccc2C)c2cccc(Br)c2)cc1. The topological polar surface area (TPSA) is 75.7 Å². The van der Waals surface area contributed by atoms with E-state index in [-0.39, 0.29) is 24.6 Å². The molecule has 0 saturated carbocycles. The summed E-state index contributed by atoms with van der Waals surface area (Å²) in [5, 5.41) is 2.75. The van der Waals surface area contributed by atoms with Crippen LogP contribution in [0.5, 0.6) is 5.75 Å². The first kappa shape index (κ1) is 24.8. The molecule has 3 aromatic carbocycles. The molecule has 0 aliphatic rings. The van der Waals surface area contributed by atoms with E-state index in [1.165, 1.54) is 0 Å². The number of anilines is 1. The molecule has 3 aromatic rings. The van der Waals surface area contributed by atoms with Crippen LogP contribution < -0.4 is 14.4 Å². The Hall–Kier alpha value is -2.84. The molecule has 0 bridgehead atoms. The maximum atomic E-state index is 13.4. The molecular weight excluding hydrogens is 504 g/mol. The number of benzene rings is 3. The Labute approximate surface area is 203 Å². The van der Waals surface area contributed by atoms with Crippen LogP contribution in [0.1, 0.15) is 16.7 Å². The fraction of sp³-hybridized carbons (Fsp3) is 0.240. The van der Waals surface area contributed by atoms with E-state index in [1.807, 2.05) is 39.0 Å². The van der Waals surface area contributed by atoms with E-state index in [0.717, 1.165) is 26.7 Å². The van der Waals surface area contributed by atoms with Gasteiger partial charge in [0.05, 0.1) is 17.1 Å². The highest BCUT2D eigenvalue weighted by Gasteiger charge is 2.27. The standard InChI is InChI=1S/C25H27BrN2O4S/c1-18-8-11-23(12-9-18)33(30,31)28(22-6-4-5-21(26)16-22)17-25(29)27-13-14-32-24-15-19(2)7-10-20(24)3/h4-12,15-16H,13-14,17H2,1-3H3,(H,27,29). The van der Waals surface area contributed by atoms with Crippen LogP contribution in [0.2, 0.25) is 0 Å². The Bertz CT molecular complexity index is 1230. The lowest BCUT2D eigenvalue weighted by molar-refractivity contribution is -0.119. The van der Waals surface area contributed by atoms with Crippen LogP contribution in [0.15, 0.2) is 76.1 Å². The van der Waals surface area contributed by atoms with Crippen LogP contribution >= 0.6 is 15.9 Å². The van der Waals surface area contributed by atoms with Crippen LogP contribution in [0, 0.1) is 20.8 Å². The molecule has 0 atom stereocenters. The summed E-state index contributed by atoms with van der Waals surface area (Å²) < 4.78 is 34.4. The third-order valence-corrected chi connectivity index (χ3v) is 7.30. The van der Waals surface area contributed by atoms with Crippen molar-refractivity contribution in [1.82, 2.24) is 5.32 Å². The van der Waals surface area contributed by atoms with Gasteiger partial charge in [-0.2, -0.15) is 0 Å². The number of carbonyl (C=O) groups excluding carboxylic acids is 1. The highest BCUT2D eigenvalue weighted by Crippen LogP contribution is 2.26. The lowest BCUT2D eigenvalue weighted by atomic mass is 10.1.